The quantitative estimate of drug-likeness (QED) is 0.905. The van der Waals surface area contributed by atoms with Gasteiger partial charge in [-0.3, -0.25) is 4.79 Å². The lowest BCUT2D eigenvalue weighted by Crippen LogP contribution is -2.25. The van der Waals surface area contributed by atoms with Gasteiger partial charge in [-0.05, 0) is 30.9 Å². The summed E-state index contributed by atoms with van der Waals surface area (Å²) in [6.07, 6.45) is 2.15. The van der Waals surface area contributed by atoms with Gasteiger partial charge in [0.1, 0.15) is 9.71 Å². The number of hydrogen-bond acceptors (Lipinski definition) is 4. The van der Waals surface area contributed by atoms with Gasteiger partial charge in [0.15, 0.2) is 0 Å². The first-order valence-corrected chi connectivity index (χ1v) is 7.37. The molecule has 1 aliphatic rings. The Morgan fingerprint density at radius 2 is 2.21 bits per heavy atom. The van der Waals surface area contributed by atoms with Gasteiger partial charge >= 0.3 is 0 Å². The molecule has 19 heavy (non-hydrogen) atoms. The van der Waals surface area contributed by atoms with Gasteiger partial charge in [-0.1, -0.05) is 13.8 Å². The van der Waals surface area contributed by atoms with Gasteiger partial charge in [0.2, 0.25) is 0 Å². The SMILES string of the molecule is CC(C)c1ccc2c(N)c(C(=O)NC3CC3)sc2n1. The second-order valence-corrected chi connectivity index (χ2v) is 6.34. The summed E-state index contributed by atoms with van der Waals surface area (Å²) in [6, 6.07) is 4.30. The molecule has 1 aliphatic carbocycles. The van der Waals surface area contributed by atoms with Crippen molar-refractivity contribution in [3.8, 4) is 0 Å². The van der Waals surface area contributed by atoms with E-state index in [0.717, 1.165) is 28.8 Å². The number of nitrogens with two attached hydrogens (primary N) is 1. The fraction of sp³-hybridized carbons (Fsp3) is 0.429. The Labute approximate surface area is 116 Å². The van der Waals surface area contributed by atoms with E-state index in [2.05, 4.69) is 24.1 Å². The van der Waals surface area contributed by atoms with Crippen molar-refractivity contribution in [3.63, 3.8) is 0 Å². The molecule has 0 bridgehead atoms. The van der Waals surface area contributed by atoms with Crippen LogP contribution in [0.3, 0.4) is 0 Å². The topological polar surface area (TPSA) is 68.0 Å². The summed E-state index contributed by atoms with van der Waals surface area (Å²) < 4.78 is 0. The van der Waals surface area contributed by atoms with Crippen molar-refractivity contribution in [2.24, 2.45) is 0 Å². The molecule has 2 aromatic rings. The number of thiophene rings is 1. The maximum absolute atomic E-state index is 12.1. The molecule has 2 aromatic heterocycles. The highest BCUT2D eigenvalue weighted by Crippen LogP contribution is 2.34. The zero-order chi connectivity index (χ0) is 13.6. The molecule has 0 unspecified atom stereocenters. The molecule has 100 valence electrons. The number of nitrogens with zero attached hydrogens (tertiary/aromatic N) is 1. The molecular weight excluding hydrogens is 258 g/mol. The van der Waals surface area contributed by atoms with Gasteiger partial charge in [0.05, 0.1) is 5.69 Å². The second kappa shape index (κ2) is 4.49. The van der Waals surface area contributed by atoms with E-state index < -0.39 is 0 Å². The van der Waals surface area contributed by atoms with Crippen LogP contribution in [0.2, 0.25) is 0 Å². The molecule has 1 saturated carbocycles. The normalized spacial score (nSPS) is 15.1. The Morgan fingerprint density at radius 1 is 1.47 bits per heavy atom. The zero-order valence-electron chi connectivity index (χ0n) is 11.1. The third kappa shape index (κ3) is 2.30. The molecule has 4 nitrogen and oxygen atoms in total. The van der Waals surface area contributed by atoms with Crippen molar-refractivity contribution in [1.82, 2.24) is 10.3 Å². The van der Waals surface area contributed by atoms with E-state index in [1.54, 1.807) is 0 Å². The van der Waals surface area contributed by atoms with Crippen LogP contribution in [0.4, 0.5) is 5.69 Å². The van der Waals surface area contributed by atoms with Crippen LogP contribution in [0.1, 0.15) is 48.0 Å². The maximum atomic E-state index is 12.1. The average Bonchev–Trinajstić information content (AvgIpc) is 3.12. The molecule has 3 N–H and O–H groups in total. The van der Waals surface area contributed by atoms with Crippen LogP contribution < -0.4 is 11.1 Å². The van der Waals surface area contributed by atoms with Crippen molar-refractivity contribution in [2.75, 3.05) is 5.73 Å². The van der Waals surface area contributed by atoms with Crippen molar-refractivity contribution < 1.29 is 4.79 Å². The number of carbonyl (C=O) groups excluding carboxylic acids is 1. The first-order chi connectivity index (χ1) is 9.06. The molecule has 5 heteroatoms. The van der Waals surface area contributed by atoms with Crippen LogP contribution in [0.15, 0.2) is 12.1 Å². The number of nitrogens with one attached hydrogen (secondary N) is 1. The van der Waals surface area contributed by atoms with Gasteiger partial charge in [-0.15, -0.1) is 11.3 Å². The van der Waals surface area contributed by atoms with Gasteiger partial charge in [0.25, 0.3) is 5.91 Å². The van der Waals surface area contributed by atoms with Crippen LogP contribution in [-0.4, -0.2) is 16.9 Å². The Bertz CT molecular complexity index is 643. The number of pyridine rings is 1. The Balaban J connectivity index is 2.00. The summed E-state index contributed by atoms with van der Waals surface area (Å²) in [7, 11) is 0. The lowest BCUT2D eigenvalue weighted by molar-refractivity contribution is 0.0956. The molecule has 0 spiro atoms. The minimum Gasteiger partial charge on any atom is -0.397 e. The van der Waals surface area contributed by atoms with E-state index in [0.29, 0.717) is 22.5 Å². The first-order valence-electron chi connectivity index (χ1n) is 6.56. The van der Waals surface area contributed by atoms with Gasteiger partial charge in [0, 0.05) is 17.1 Å². The molecule has 3 rings (SSSR count). The lowest BCUT2D eigenvalue weighted by Gasteiger charge is -2.03. The molecule has 0 atom stereocenters. The van der Waals surface area contributed by atoms with Crippen molar-refractivity contribution in [3.05, 3.63) is 22.7 Å². The largest absolute Gasteiger partial charge is 0.397 e. The highest BCUT2D eigenvalue weighted by Gasteiger charge is 2.26. The lowest BCUT2D eigenvalue weighted by atomic mass is 10.1. The van der Waals surface area contributed by atoms with E-state index in [4.69, 9.17) is 5.73 Å². The third-order valence-corrected chi connectivity index (χ3v) is 4.44. The predicted octanol–water partition coefficient (Wildman–Crippen LogP) is 2.89. The predicted molar refractivity (Wildman–Crippen MR) is 78.6 cm³/mol. The number of carbonyl (C=O) groups is 1. The third-order valence-electron chi connectivity index (χ3n) is 3.33. The summed E-state index contributed by atoms with van der Waals surface area (Å²) in [5, 5.41) is 3.86. The highest BCUT2D eigenvalue weighted by atomic mass is 32.1. The van der Waals surface area contributed by atoms with E-state index in [9.17, 15) is 4.79 Å². The van der Waals surface area contributed by atoms with Crippen molar-refractivity contribution in [1.29, 1.82) is 0 Å². The van der Waals surface area contributed by atoms with Gasteiger partial charge < -0.3 is 11.1 Å². The number of aromatic nitrogens is 1. The zero-order valence-corrected chi connectivity index (χ0v) is 11.9. The van der Waals surface area contributed by atoms with Gasteiger partial charge in [-0.25, -0.2) is 4.98 Å². The number of nitrogen functional groups attached to an aromatic ring is 1. The minimum atomic E-state index is -0.0610. The second-order valence-electron chi connectivity index (χ2n) is 5.34. The van der Waals surface area contributed by atoms with Crippen LogP contribution in [-0.2, 0) is 0 Å². The Kier molecular flexibility index (Phi) is 2.93. The highest BCUT2D eigenvalue weighted by molar-refractivity contribution is 7.21. The number of fused-ring (bicyclic) bond motifs is 1. The monoisotopic (exact) mass is 275 g/mol. The maximum Gasteiger partial charge on any atom is 0.263 e. The average molecular weight is 275 g/mol. The van der Waals surface area contributed by atoms with Crippen molar-refractivity contribution >= 4 is 33.1 Å². The number of amides is 1. The van der Waals surface area contributed by atoms with Crippen LogP contribution >= 0.6 is 11.3 Å². The smallest absolute Gasteiger partial charge is 0.263 e. The standard InChI is InChI=1S/C14H17N3OS/c1-7(2)10-6-5-9-11(15)12(19-14(9)17-10)13(18)16-8-3-4-8/h5-8H,3-4,15H2,1-2H3,(H,16,18). The minimum absolute atomic E-state index is 0.0610. The van der Waals surface area contributed by atoms with E-state index in [-0.39, 0.29) is 5.91 Å². The van der Waals surface area contributed by atoms with Gasteiger partial charge in [-0.2, -0.15) is 0 Å². The fourth-order valence-electron chi connectivity index (χ4n) is 1.98. The molecule has 0 aromatic carbocycles. The summed E-state index contributed by atoms with van der Waals surface area (Å²) in [5.74, 6) is 0.311. The first kappa shape index (κ1) is 12.4. The number of anilines is 1. The van der Waals surface area contributed by atoms with Crippen LogP contribution in [0, 0.1) is 0 Å². The number of hydrogen-bond donors (Lipinski definition) is 2. The summed E-state index contributed by atoms with van der Waals surface area (Å²) in [6.45, 7) is 4.21. The van der Waals surface area contributed by atoms with E-state index >= 15 is 0 Å². The molecule has 1 fully saturated rings. The molecule has 0 aliphatic heterocycles. The molecule has 0 radical (unpaired) electrons. The molecule has 1 amide bonds. The van der Waals surface area contributed by atoms with E-state index in [1.165, 1.54) is 11.3 Å². The van der Waals surface area contributed by atoms with Crippen LogP contribution in [0.25, 0.3) is 10.2 Å². The Morgan fingerprint density at radius 3 is 2.84 bits per heavy atom. The number of rotatable bonds is 3. The Hall–Kier alpha value is -1.62. The molecule has 2 heterocycles. The van der Waals surface area contributed by atoms with E-state index in [1.807, 2.05) is 12.1 Å². The van der Waals surface area contributed by atoms with Crippen LogP contribution in [0.5, 0.6) is 0 Å². The molecule has 0 saturated heterocycles. The van der Waals surface area contributed by atoms with Crippen molar-refractivity contribution in [2.45, 2.75) is 38.6 Å². The summed E-state index contributed by atoms with van der Waals surface area (Å²) >= 11 is 1.39. The summed E-state index contributed by atoms with van der Waals surface area (Å²) in [4.78, 5) is 18.1. The fourth-order valence-corrected chi connectivity index (χ4v) is 2.98. The molecular formula is C14H17N3OS. The summed E-state index contributed by atoms with van der Waals surface area (Å²) in [5.41, 5.74) is 7.66.